The van der Waals surface area contributed by atoms with Gasteiger partial charge in [0.25, 0.3) is 0 Å². The Kier molecular flexibility index (Phi) is 8.38. The van der Waals surface area contributed by atoms with Crippen LogP contribution in [0.1, 0.15) is 23.9 Å². The summed E-state index contributed by atoms with van der Waals surface area (Å²) in [5.41, 5.74) is 2.67. The van der Waals surface area contributed by atoms with Crippen LogP contribution >= 0.6 is 35.0 Å². The number of carbonyl (C=O) groups excluding carboxylic acids is 1. The third-order valence-corrected chi connectivity index (χ3v) is 6.22. The van der Waals surface area contributed by atoms with Gasteiger partial charge in [-0.1, -0.05) is 59.6 Å². The van der Waals surface area contributed by atoms with E-state index < -0.39 is 0 Å². The minimum atomic E-state index is -0.0466. The van der Waals surface area contributed by atoms with Gasteiger partial charge in [-0.15, -0.1) is 11.8 Å². The number of nitrogens with zero attached hydrogens (tertiary/aromatic N) is 1. The largest absolute Gasteiger partial charge is 0.491 e. The van der Waals surface area contributed by atoms with Gasteiger partial charge in [-0.05, 0) is 48.9 Å². The van der Waals surface area contributed by atoms with Crippen LogP contribution in [0.25, 0.3) is 6.08 Å². The molecule has 0 aliphatic carbocycles. The Morgan fingerprint density at radius 3 is 2.47 bits per heavy atom. The molecule has 0 aliphatic heterocycles. The Bertz CT molecular complexity index is 1020. The number of benzene rings is 2. The summed E-state index contributed by atoms with van der Waals surface area (Å²) in [5, 5.41) is 1.23. The van der Waals surface area contributed by atoms with Crippen LogP contribution in [0.2, 0.25) is 10.0 Å². The topological polar surface area (TPSA) is 39.2 Å². The summed E-state index contributed by atoms with van der Waals surface area (Å²) >= 11 is 14.0. The lowest BCUT2D eigenvalue weighted by Gasteiger charge is -2.11. The zero-order valence-corrected chi connectivity index (χ0v) is 18.8. The Hall–Kier alpha value is -2.27. The number of ketones is 1. The van der Waals surface area contributed by atoms with E-state index in [-0.39, 0.29) is 5.78 Å². The van der Waals surface area contributed by atoms with Crippen molar-refractivity contribution in [1.29, 1.82) is 0 Å². The SMILES string of the molecule is CC(=O)/C=C/c1nc(CSc2c(Cl)cccc2Cl)ccc1OCCc1ccccc1. The van der Waals surface area contributed by atoms with Crippen LogP contribution in [0.3, 0.4) is 0 Å². The van der Waals surface area contributed by atoms with Gasteiger partial charge in [-0.2, -0.15) is 0 Å². The second-order valence-corrected chi connectivity index (χ2v) is 8.35. The molecule has 154 valence electrons. The minimum absolute atomic E-state index is 0.0466. The maximum absolute atomic E-state index is 11.4. The van der Waals surface area contributed by atoms with Crippen LogP contribution in [-0.4, -0.2) is 17.4 Å². The van der Waals surface area contributed by atoms with Crippen LogP contribution in [-0.2, 0) is 17.0 Å². The summed E-state index contributed by atoms with van der Waals surface area (Å²) < 4.78 is 5.96. The lowest BCUT2D eigenvalue weighted by Crippen LogP contribution is -2.04. The third kappa shape index (κ3) is 6.63. The number of ether oxygens (including phenoxy) is 1. The molecule has 0 amide bonds. The lowest BCUT2D eigenvalue weighted by atomic mass is 10.2. The monoisotopic (exact) mass is 457 g/mol. The number of allylic oxidation sites excluding steroid dienone is 1. The van der Waals surface area contributed by atoms with Crippen molar-refractivity contribution in [2.75, 3.05) is 6.61 Å². The molecule has 30 heavy (non-hydrogen) atoms. The Balaban J connectivity index is 1.72. The molecule has 3 aromatic rings. The molecule has 0 radical (unpaired) electrons. The van der Waals surface area contributed by atoms with Gasteiger partial charge in [0.2, 0.25) is 0 Å². The molecule has 0 aliphatic rings. The van der Waals surface area contributed by atoms with Crippen LogP contribution < -0.4 is 4.74 Å². The van der Waals surface area contributed by atoms with Crippen LogP contribution in [0.4, 0.5) is 0 Å². The maximum Gasteiger partial charge on any atom is 0.152 e. The van der Waals surface area contributed by atoms with Crippen molar-refractivity contribution in [2.24, 2.45) is 0 Å². The fraction of sp³-hybridized carbons (Fsp3) is 0.167. The molecular weight excluding hydrogens is 437 g/mol. The predicted octanol–water partition coefficient (Wildman–Crippen LogP) is 6.90. The number of aromatic nitrogens is 1. The van der Waals surface area contributed by atoms with Gasteiger partial charge < -0.3 is 4.74 Å². The summed E-state index contributed by atoms with van der Waals surface area (Å²) in [5.74, 6) is 1.19. The number of pyridine rings is 1. The number of thioether (sulfide) groups is 1. The van der Waals surface area contributed by atoms with Crippen molar-refractivity contribution in [3.63, 3.8) is 0 Å². The highest BCUT2D eigenvalue weighted by Crippen LogP contribution is 2.35. The smallest absolute Gasteiger partial charge is 0.152 e. The maximum atomic E-state index is 11.4. The molecule has 0 unspecified atom stereocenters. The van der Waals surface area contributed by atoms with Gasteiger partial charge in [0.15, 0.2) is 5.78 Å². The highest BCUT2D eigenvalue weighted by atomic mass is 35.5. The first-order valence-electron chi connectivity index (χ1n) is 9.45. The number of rotatable bonds is 9. The summed E-state index contributed by atoms with van der Waals surface area (Å²) in [7, 11) is 0. The molecule has 0 fully saturated rings. The van der Waals surface area contributed by atoms with Gasteiger partial charge in [0.1, 0.15) is 11.4 Å². The zero-order valence-electron chi connectivity index (χ0n) is 16.5. The molecular formula is C24H21Cl2NO2S. The summed E-state index contributed by atoms with van der Waals surface area (Å²) in [6, 6.07) is 19.4. The van der Waals surface area contributed by atoms with E-state index in [2.05, 4.69) is 17.1 Å². The first kappa shape index (κ1) is 22.4. The molecule has 6 heteroatoms. The quantitative estimate of drug-likeness (QED) is 0.258. The molecule has 1 heterocycles. The van der Waals surface area contributed by atoms with Crippen LogP contribution in [0.5, 0.6) is 5.75 Å². The van der Waals surface area contributed by atoms with Crippen LogP contribution in [0, 0.1) is 0 Å². The molecule has 2 aromatic carbocycles. The van der Waals surface area contributed by atoms with E-state index in [4.69, 9.17) is 27.9 Å². The Morgan fingerprint density at radius 2 is 1.77 bits per heavy atom. The second kappa shape index (κ2) is 11.2. The van der Waals surface area contributed by atoms with Crippen molar-refractivity contribution in [3.05, 3.63) is 93.7 Å². The van der Waals surface area contributed by atoms with Gasteiger partial charge in [-0.3, -0.25) is 4.79 Å². The van der Waals surface area contributed by atoms with Crippen molar-refractivity contribution < 1.29 is 9.53 Å². The number of halogens is 2. The number of hydrogen-bond acceptors (Lipinski definition) is 4. The molecule has 3 rings (SSSR count). The first-order valence-corrected chi connectivity index (χ1v) is 11.2. The van der Waals surface area contributed by atoms with E-state index >= 15 is 0 Å². The molecule has 0 bridgehead atoms. The van der Waals surface area contributed by atoms with E-state index in [1.807, 2.05) is 48.5 Å². The van der Waals surface area contributed by atoms with Gasteiger partial charge >= 0.3 is 0 Å². The second-order valence-electron chi connectivity index (χ2n) is 6.55. The number of carbonyl (C=O) groups is 1. The Labute approximate surface area is 191 Å². The number of hydrogen-bond donors (Lipinski definition) is 0. The highest BCUT2D eigenvalue weighted by Gasteiger charge is 2.10. The van der Waals surface area contributed by atoms with E-state index in [1.54, 1.807) is 6.08 Å². The van der Waals surface area contributed by atoms with Crippen molar-refractivity contribution in [2.45, 2.75) is 24.0 Å². The summed E-state index contributed by atoms with van der Waals surface area (Å²) in [6.07, 6.45) is 3.98. The van der Waals surface area contributed by atoms with Gasteiger partial charge in [-0.25, -0.2) is 4.98 Å². The van der Waals surface area contributed by atoms with Gasteiger partial charge in [0.05, 0.1) is 22.3 Å². The molecule has 1 aromatic heterocycles. The predicted molar refractivity (Wildman–Crippen MR) is 126 cm³/mol. The highest BCUT2D eigenvalue weighted by molar-refractivity contribution is 7.98. The molecule has 0 saturated carbocycles. The van der Waals surface area contributed by atoms with E-state index in [0.29, 0.717) is 33.8 Å². The minimum Gasteiger partial charge on any atom is -0.491 e. The lowest BCUT2D eigenvalue weighted by molar-refractivity contribution is -0.112. The molecule has 0 spiro atoms. The van der Waals surface area contributed by atoms with E-state index in [9.17, 15) is 4.79 Å². The molecule has 0 atom stereocenters. The van der Waals surface area contributed by atoms with E-state index in [0.717, 1.165) is 17.0 Å². The fourth-order valence-corrected chi connectivity index (χ4v) is 4.30. The molecule has 0 saturated heterocycles. The standard InChI is InChI=1S/C24H21Cl2NO2S/c1-17(28)10-12-22-23(29-15-14-18-6-3-2-4-7-18)13-11-19(27-22)16-30-24-20(25)8-5-9-21(24)26/h2-13H,14-16H2,1H3/b12-10+. The zero-order chi connectivity index (χ0) is 21.3. The molecule has 3 nitrogen and oxygen atoms in total. The Morgan fingerprint density at radius 1 is 1.03 bits per heavy atom. The normalized spacial score (nSPS) is 11.0. The van der Waals surface area contributed by atoms with Crippen LogP contribution in [0.15, 0.2) is 71.6 Å². The average Bonchev–Trinajstić information content (AvgIpc) is 2.73. The van der Waals surface area contributed by atoms with Crippen molar-refractivity contribution in [3.8, 4) is 5.75 Å². The molecule has 0 N–H and O–H groups in total. The average molecular weight is 458 g/mol. The van der Waals surface area contributed by atoms with E-state index in [1.165, 1.54) is 30.3 Å². The third-order valence-electron chi connectivity index (χ3n) is 4.19. The van der Waals surface area contributed by atoms with Gasteiger partial charge in [0, 0.05) is 17.1 Å². The van der Waals surface area contributed by atoms with Crippen molar-refractivity contribution in [1.82, 2.24) is 4.98 Å². The summed E-state index contributed by atoms with van der Waals surface area (Å²) in [4.78, 5) is 16.9. The fourth-order valence-electron chi connectivity index (χ4n) is 2.71. The first-order chi connectivity index (χ1) is 14.5. The van der Waals surface area contributed by atoms with Crippen molar-refractivity contribution >= 4 is 46.8 Å². The summed E-state index contributed by atoms with van der Waals surface area (Å²) in [6.45, 7) is 2.03.